The van der Waals surface area contributed by atoms with E-state index >= 15 is 0 Å². The van der Waals surface area contributed by atoms with Crippen LogP contribution in [-0.2, 0) is 0 Å². The van der Waals surface area contributed by atoms with Gasteiger partial charge in [-0.2, -0.15) is 0 Å². The first kappa shape index (κ1) is 30.2. The van der Waals surface area contributed by atoms with Gasteiger partial charge in [0, 0.05) is 27.6 Å². The van der Waals surface area contributed by atoms with Crippen molar-refractivity contribution in [3.05, 3.63) is 170 Å². The van der Waals surface area contributed by atoms with Crippen LogP contribution in [-0.4, -0.2) is 19.9 Å². The summed E-state index contributed by atoms with van der Waals surface area (Å²) in [5.41, 5.74) is 8.93. The molecule has 3 heterocycles. The lowest BCUT2D eigenvalue weighted by atomic mass is 9.97. The zero-order chi connectivity index (χ0) is 35.6. The third-order valence-corrected chi connectivity index (χ3v) is 10.2. The zero-order valence-corrected chi connectivity index (χ0v) is 28.8. The van der Waals surface area contributed by atoms with Gasteiger partial charge in [0.05, 0.1) is 5.39 Å². The van der Waals surface area contributed by atoms with Gasteiger partial charge in [-0.15, -0.1) is 0 Å². The molecule has 54 heavy (non-hydrogen) atoms. The van der Waals surface area contributed by atoms with Crippen LogP contribution in [0.15, 0.2) is 179 Å². The average molecular weight is 693 g/mol. The van der Waals surface area contributed by atoms with E-state index in [1.807, 2.05) is 78.9 Å². The average Bonchev–Trinajstić information content (AvgIpc) is 3.86. The van der Waals surface area contributed by atoms with Crippen molar-refractivity contribution < 1.29 is 8.83 Å². The largest absolute Gasteiger partial charge is 0.456 e. The molecular formula is C48H28N4O2. The van der Waals surface area contributed by atoms with Crippen LogP contribution in [0, 0.1) is 0 Å². The molecule has 6 heteroatoms. The lowest BCUT2D eigenvalue weighted by Gasteiger charge is -2.11. The molecule has 3 aromatic heterocycles. The molecule has 8 aromatic carbocycles. The minimum absolute atomic E-state index is 0.574. The second-order valence-corrected chi connectivity index (χ2v) is 13.4. The maximum absolute atomic E-state index is 6.48. The zero-order valence-electron chi connectivity index (χ0n) is 28.8. The number of benzene rings is 8. The van der Waals surface area contributed by atoms with Gasteiger partial charge >= 0.3 is 0 Å². The van der Waals surface area contributed by atoms with Gasteiger partial charge in [0.2, 0.25) is 5.89 Å². The van der Waals surface area contributed by atoms with Gasteiger partial charge in [-0.25, -0.2) is 19.9 Å². The molecule has 0 saturated heterocycles. The summed E-state index contributed by atoms with van der Waals surface area (Å²) in [6.45, 7) is 0. The van der Waals surface area contributed by atoms with Crippen molar-refractivity contribution >= 4 is 54.6 Å². The number of oxazole rings is 1. The predicted octanol–water partition coefficient (Wildman–Crippen LogP) is 12.6. The molecule has 0 aliphatic heterocycles. The second kappa shape index (κ2) is 12.1. The topological polar surface area (TPSA) is 77.8 Å². The Morgan fingerprint density at radius 2 is 0.926 bits per heavy atom. The van der Waals surface area contributed by atoms with E-state index in [4.69, 9.17) is 28.8 Å². The highest BCUT2D eigenvalue weighted by molar-refractivity contribution is 6.25. The number of hydrogen-bond donors (Lipinski definition) is 0. The van der Waals surface area contributed by atoms with Crippen LogP contribution in [0.2, 0.25) is 0 Å². The molecule has 11 rings (SSSR count). The van der Waals surface area contributed by atoms with Crippen molar-refractivity contribution in [3.63, 3.8) is 0 Å². The summed E-state index contributed by atoms with van der Waals surface area (Å²) in [6, 6.07) is 57.8. The standard InChI is InChI=1S/C48H28N4O2/c1-3-11-32(12-4-1)45-50-46(33-21-18-30(19-22-33)37-17-9-15-29-10-7-8-16-36(29)37)52-47(51-45)35-23-20-31-24-26-40-42(38(31)28-35)43-41(53-40)27-25-39-44(43)54-48(49-39)34-13-5-2-6-14-34/h1-28H. The Morgan fingerprint density at radius 1 is 0.352 bits per heavy atom. The van der Waals surface area contributed by atoms with Crippen LogP contribution in [0.4, 0.5) is 0 Å². The van der Waals surface area contributed by atoms with Crippen molar-refractivity contribution in [1.29, 1.82) is 0 Å². The Labute approximate surface area is 309 Å². The molecule has 6 nitrogen and oxygen atoms in total. The Balaban J connectivity index is 1.08. The van der Waals surface area contributed by atoms with Gasteiger partial charge in [-0.3, -0.25) is 0 Å². The maximum Gasteiger partial charge on any atom is 0.227 e. The maximum atomic E-state index is 6.48. The predicted molar refractivity (Wildman–Crippen MR) is 217 cm³/mol. The fourth-order valence-corrected chi connectivity index (χ4v) is 7.53. The smallest absolute Gasteiger partial charge is 0.227 e. The van der Waals surface area contributed by atoms with E-state index in [-0.39, 0.29) is 0 Å². The van der Waals surface area contributed by atoms with Crippen LogP contribution < -0.4 is 0 Å². The summed E-state index contributed by atoms with van der Waals surface area (Å²) < 4.78 is 12.9. The molecule has 11 aromatic rings. The van der Waals surface area contributed by atoms with Crippen molar-refractivity contribution in [2.45, 2.75) is 0 Å². The molecule has 0 bridgehead atoms. The van der Waals surface area contributed by atoms with E-state index in [1.165, 1.54) is 16.3 Å². The molecule has 0 atom stereocenters. The molecule has 0 amide bonds. The highest BCUT2D eigenvalue weighted by Gasteiger charge is 2.20. The van der Waals surface area contributed by atoms with Crippen LogP contribution >= 0.6 is 0 Å². The molecule has 0 radical (unpaired) electrons. The van der Waals surface area contributed by atoms with E-state index in [0.29, 0.717) is 28.9 Å². The van der Waals surface area contributed by atoms with E-state index < -0.39 is 0 Å². The summed E-state index contributed by atoms with van der Waals surface area (Å²) in [5, 5.41) is 6.37. The highest BCUT2D eigenvalue weighted by Crippen LogP contribution is 2.41. The van der Waals surface area contributed by atoms with Crippen LogP contribution in [0.5, 0.6) is 0 Å². The van der Waals surface area contributed by atoms with Crippen LogP contribution in [0.3, 0.4) is 0 Å². The Kier molecular flexibility index (Phi) is 6.75. The number of rotatable bonds is 5. The summed E-state index contributed by atoms with van der Waals surface area (Å²) in [7, 11) is 0. The van der Waals surface area contributed by atoms with Crippen molar-refractivity contribution in [2.75, 3.05) is 0 Å². The van der Waals surface area contributed by atoms with Gasteiger partial charge in [0.15, 0.2) is 23.1 Å². The molecule has 0 spiro atoms. The lowest BCUT2D eigenvalue weighted by Crippen LogP contribution is -2.00. The third kappa shape index (κ3) is 4.96. The third-order valence-electron chi connectivity index (χ3n) is 10.2. The molecule has 0 saturated carbocycles. The molecular weight excluding hydrogens is 665 g/mol. The molecule has 0 N–H and O–H groups in total. The number of nitrogens with zero attached hydrogens (tertiary/aromatic N) is 4. The Bertz CT molecular complexity index is 3200. The van der Waals surface area contributed by atoms with E-state index in [0.717, 1.165) is 66.0 Å². The highest BCUT2D eigenvalue weighted by atomic mass is 16.4. The van der Waals surface area contributed by atoms with E-state index in [1.54, 1.807) is 0 Å². The van der Waals surface area contributed by atoms with Gasteiger partial charge in [0.25, 0.3) is 0 Å². The van der Waals surface area contributed by atoms with Crippen LogP contribution in [0.1, 0.15) is 0 Å². The number of furan rings is 1. The quantitative estimate of drug-likeness (QED) is 0.179. The summed E-state index contributed by atoms with van der Waals surface area (Å²) in [6.07, 6.45) is 0. The monoisotopic (exact) mass is 692 g/mol. The van der Waals surface area contributed by atoms with Gasteiger partial charge in [-0.1, -0.05) is 133 Å². The molecule has 0 aliphatic carbocycles. The summed E-state index contributed by atoms with van der Waals surface area (Å²) >= 11 is 0. The fraction of sp³-hybridized carbons (Fsp3) is 0. The normalized spacial score (nSPS) is 11.7. The first-order valence-corrected chi connectivity index (χ1v) is 17.9. The second-order valence-electron chi connectivity index (χ2n) is 13.4. The molecule has 0 fully saturated rings. The minimum atomic E-state index is 0.574. The lowest BCUT2D eigenvalue weighted by molar-refractivity contribution is 0.622. The number of aromatic nitrogens is 4. The first-order chi connectivity index (χ1) is 26.7. The Morgan fingerprint density at radius 3 is 1.72 bits per heavy atom. The molecule has 0 aliphatic rings. The minimum Gasteiger partial charge on any atom is -0.456 e. The SMILES string of the molecule is c1ccc(-c2nc(-c3ccc(-c4cccc5ccccc45)cc3)nc(-c3ccc4ccc5oc6ccc7nc(-c8ccccc8)oc7c6c5c4c3)n2)cc1. The summed E-state index contributed by atoms with van der Waals surface area (Å²) in [5.74, 6) is 2.37. The van der Waals surface area contributed by atoms with Gasteiger partial charge in [-0.05, 0) is 69.1 Å². The van der Waals surface area contributed by atoms with Gasteiger partial charge in [0.1, 0.15) is 16.7 Å². The molecule has 252 valence electrons. The molecule has 0 unspecified atom stereocenters. The van der Waals surface area contributed by atoms with Gasteiger partial charge < -0.3 is 8.83 Å². The van der Waals surface area contributed by atoms with Crippen molar-refractivity contribution in [2.24, 2.45) is 0 Å². The van der Waals surface area contributed by atoms with Crippen molar-refractivity contribution in [1.82, 2.24) is 19.9 Å². The van der Waals surface area contributed by atoms with Crippen molar-refractivity contribution in [3.8, 4) is 56.7 Å². The fourth-order valence-electron chi connectivity index (χ4n) is 7.53. The van der Waals surface area contributed by atoms with E-state index in [9.17, 15) is 0 Å². The van der Waals surface area contributed by atoms with Crippen LogP contribution in [0.25, 0.3) is 111 Å². The number of fused-ring (bicyclic) bond motifs is 8. The number of hydrogen-bond acceptors (Lipinski definition) is 6. The Hall–Kier alpha value is -7.44. The van der Waals surface area contributed by atoms with E-state index in [2.05, 4.69) is 91.0 Å². The summed E-state index contributed by atoms with van der Waals surface area (Å²) in [4.78, 5) is 20.0. The first-order valence-electron chi connectivity index (χ1n) is 17.9.